The van der Waals surface area contributed by atoms with Gasteiger partial charge >= 0.3 is 6.03 Å². The van der Waals surface area contributed by atoms with E-state index >= 15 is 0 Å². The molecule has 3 heterocycles. The van der Waals surface area contributed by atoms with Gasteiger partial charge in [-0.15, -0.1) is 0 Å². The Balaban J connectivity index is 1.41. The Hall–Kier alpha value is -2.28. The molecule has 2 fully saturated rings. The fourth-order valence-electron chi connectivity index (χ4n) is 3.26. The molecule has 4 rings (SSSR count). The summed E-state index contributed by atoms with van der Waals surface area (Å²) in [6.07, 6.45) is 1.58. The lowest BCUT2D eigenvalue weighted by Gasteiger charge is -2.32. The molecule has 126 valence electrons. The summed E-state index contributed by atoms with van der Waals surface area (Å²) >= 11 is 5.98. The Morgan fingerprint density at radius 1 is 1.33 bits per heavy atom. The zero-order chi connectivity index (χ0) is 16.7. The number of carbonyl (C=O) groups excluding carboxylic acids is 2. The topological polar surface area (TPSA) is 87.5 Å². The highest BCUT2D eigenvalue weighted by molar-refractivity contribution is 6.31. The van der Waals surface area contributed by atoms with Crippen LogP contribution in [0.5, 0.6) is 0 Å². The fraction of sp³-hybridized carbons (Fsp3) is 0.438. The van der Waals surface area contributed by atoms with Crippen molar-refractivity contribution in [2.45, 2.75) is 24.8 Å². The molecule has 1 aromatic carbocycles. The number of hydrogen-bond acceptors (Lipinski definition) is 4. The molecule has 0 aliphatic carbocycles. The predicted molar refractivity (Wildman–Crippen MR) is 87.9 cm³/mol. The Morgan fingerprint density at radius 3 is 2.83 bits per heavy atom. The number of nitrogens with one attached hydrogen (secondary N) is 2. The van der Waals surface area contributed by atoms with Gasteiger partial charge in [-0.2, -0.15) is 0 Å². The number of amides is 3. The number of halogens is 1. The van der Waals surface area contributed by atoms with E-state index in [1.807, 2.05) is 6.07 Å². The van der Waals surface area contributed by atoms with Crippen molar-refractivity contribution in [3.8, 4) is 0 Å². The smallest absolute Gasteiger partial charge is 0.315 e. The SMILES string of the molecule is O=C1NC[C@H](C(=O)N2CCC(c3nc4cc(Cl)ccc4o3)CC2)N1. The molecule has 2 N–H and O–H groups in total. The van der Waals surface area contributed by atoms with Gasteiger partial charge in [0.2, 0.25) is 5.91 Å². The normalized spacial score (nSPS) is 21.8. The summed E-state index contributed by atoms with van der Waals surface area (Å²) in [7, 11) is 0. The number of rotatable bonds is 2. The summed E-state index contributed by atoms with van der Waals surface area (Å²) < 4.78 is 5.83. The summed E-state index contributed by atoms with van der Waals surface area (Å²) in [4.78, 5) is 29.9. The molecular weight excluding hydrogens is 332 g/mol. The molecule has 3 amide bonds. The standard InChI is InChI=1S/C16H17ClN4O3/c17-10-1-2-13-11(7-10)19-14(24-13)9-3-5-21(6-4-9)15(22)12-8-18-16(23)20-12/h1-2,7,9,12H,3-6,8H2,(H2,18,20,23)/t12-/m1/s1. The van der Waals surface area contributed by atoms with Gasteiger partial charge in [-0.3, -0.25) is 4.79 Å². The van der Waals surface area contributed by atoms with Crippen LogP contribution >= 0.6 is 11.6 Å². The zero-order valence-corrected chi connectivity index (χ0v) is 13.7. The Labute approximate surface area is 143 Å². The molecule has 2 aromatic rings. The summed E-state index contributed by atoms with van der Waals surface area (Å²) in [6, 6.07) is 4.65. The van der Waals surface area contributed by atoms with E-state index in [4.69, 9.17) is 16.0 Å². The van der Waals surface area contributed by atoms with Gasteiger partial charge < -0.3 is 20.0 Å². The minimum atomic E-state index is -0.458. The van der Waals surface area contributed by atoms with E-state index < -0.39 is 6.04 Å². The molecule has 0 radical (unpaired) electrons. The van der Waals surface area contributed by atoms with Crippen LogP contribution in [-0.2, 0) is 4.79 Å². The van der Waals surface area contributed by atoms with Crippen LogP contribution in [0, 0.1) is 0 Å². The van der Waals surface area contributed by atoms with Crippen LogP contribution < -0.4 is 10.6 Å². The number of nitrogens with zero attached hydrogens (tertiary/aromatic N) is 2. The number of hydrogen-bond donors (Lipinski definition) is 2. The monoisotopic (exact) mass is 348 g/mol. The number of aromatic nitrogens is 1. The molecule has 1 atom stereocenters. The van der Waals surface area contributed by atoms with Crippen molar-refractivity contribution in [1.82, 2.24) is 20.5 Å². The van der Waals surface area contributed by atoms with Gasteiger partial charge in [-0.05, 0) is 31.0 Å². The molecule has 7 nitrogen and oxygen atoms in total. The van der Waals surface area contributed by atoms with E-state index in [0.29, 0.717) is 30.5 Å². The van der Waals surface area contributed by atoms with Crippen LogP contribution in [0.2, 0.25) is 5.02 Å². The number of carbonyl (C=O) groups is 2. The molecule has 24 heavy (non-hydrogen) atoms. The maximum Gasteiger partial charge on any atom is 0.315 e. The highest BCUT2D eigenvalue weighted by atomic mass is 35.5. The molecule has 1 aromatic heterocycles. The van der Waals surface area contributed by atoms with Gasteiger partial charge in [-0.25, -0.2) is 9.78 Å². The van der Waals surface area contributed by atoms with Gasteiger partial charge in [0, 0.05) is 30.6 Å². The van der Waals surface area contributed by atoms with Crippen molar-refractivity contribution < 1.29 is 14.0 Å². The highest BCUT2D eigenvalue weighted by Gasteiger charge is 2.33. The van der Waals surface area contributed by atoms with E-state index in [1.54, 1.807) is 17.0 Å². The summed E-state index contributed by atoms with van der Waals surface area (Å²) in [5.74, 6) is 0.864. The second-order valence-corrected chi connectivity index (χ2v) is 6.61. The summed E-state index contributed by atoms with van der Waals surface area (Å²) in [5, 5.41) is 5.88. The van der Waals surface area contributed by atoms with Crippen molar-refractivity contribution >= 4 is 34.6 Å². The number of oxazole rings is 1. The first-order valence-electron chi connectivity index (χ1n) is 7.99. The quantitative estimate of drug-likeness (QED) is 0.867. The van der Waals surface area contributed by atoms with Crippen LogP contribution in [0.3, 0.4) is 0 Å². The Morgan fingerprint density at radius 2 is 2.12 bits per heavy atom. The third-order valence-electron chi connectivity index (χ3n) is 4.59. The first-order chi connectivity index (χ1) is 11.6. The molecular formula is C16H17ClN4O3. The minimum Gasteiger partial charge on any atom is -0.440 e. The van der Waals surface area contributed by atoms with Gasteiger partial charge in [0.15, 0.2) is 11.5 Å². The maximum atomic E-state index is 12.4. The molecule has 2 aliphatic heterocycles. The first kappa shape index (κ1) is 15.3. The van der Waals surface area contributed by atoms with Crippen LogP contribution in [-0.4, -0.2) is 47.5 Å². The van der Waals surface area contributed by atoms with Crippen LogP contribution in [0.25, 0.3) is 11.1 Å². The van der Waals surface area contributed by atoms with Gasteiger partial charge in [0.25, 0.3) is 0 Å². The molecule has 2 saturated heterocycles. The van der Waals surface area contributed by atoms with E-state index in [-0.39, 0.29) is 17.9 Å². The van der Waals surface area contributed by atoms with Gasteiger partial charge in [0.05, 0.1) is 0 Å². The third-order valence-corrected chi connectivity index (χ3v) is 4.83. The van der Waals surface area contributed by atoms with Crippen molar-refractivity contribution in [3.05, 3.63) is 29.1 Å². The second kappa shape index (κ2) is 5.98. The minimum absolute atomic E-state index is 0.0313. The number of piperidine rings is 1. The zero-order valence-electron chi connectivity index (χ0n) is 12.9. The molecule has 0 bridgehead atoms. The van der Waals surface area contributed by atoms with E-state index in [1.165, 1.54) is 0 Å². The molecule has 2 aliphatic rings. The van der Waals surface area contributed by atoms with E-state index in [2.05, 4.69) is 15.6 Å². The molecule has 8 heteroatoms. The molecule has 0 saturated carbocycles. The Bertz CT molecular complexity index is 798. The van der Waals surface area contributed by atoms with Crippen LogP contribution in [0.15, 0.2) is 22.6 Å². The number of benzene rings is 1. The lowest BCUT2D eigenvalue weighted by Crippen LogP contribution is -2.48. The van der Waals surface area contributed by atoms with Crippen molar-refractivity contribution in [3.63, 3.8) is 0 Å². The summed E-state index contributed by atoms with van der Waals surface area (Å²) in [6.45, 7) is 1.62. The van der Waals surface area contributed by atoms with Crippen molar-refractivity contribution in [2.75, 3.05) is 19.6 Å². The molecule has 0 spiro atoms. The second-order valence-electron chi connectivity index (χ2n) is 6.17. The molecule has 0 unspecified atom stereocenters. The lowest BCUT2D eigenvalue weighted by atomic mass is 9.96. The fourth-order valence-corrected chi connectivity index (χ4v) is 3.43. The first-order valence-corrected chi connectivity index (χ1v) is 8.37. The number of urea groups is 1. The van der Waals surface area contributed by atoms with Crippen molar-refractivity contribution in [2.24, 2.45) is 0 Å². The van der Waals surface area contributed by atoms with Gasteiger partial charge in [0.1, 0.15) is 11.6 Å². The average molecular weight is 349 g/mol. The van der Waals surface area contributed by atoms with E-state index in [9.17, 15) is 9.59 Å². The summed E-state index contributed by atoms with van der Waals surface area (Å²) in [5.41, 5.74) is 1.49. The maximum absolute atomic E-state index is 12.4. The van der Waals surface area contributed by atoms with Crippen molar-refractivity contribution in [1.29, 1.82) is 0 Å². The number of fused-ring (bicyclic) bond motifs is 1. The third kappa shape index (κ3) is 2.80. The van der Waals surface area contributed by atoms with Gasteiger partial charge in [-0.1, -0.05) is 11.6 Å². The Kier molecular flexibility index (Phi) is 3.80. The van der Waals surface area contributed by atoms with Crippen LogP contribution in [0.4, 0.5) is 4.79 Å². The highest BCUT2D eigenvalue weighted by Crippen LogP contribution is 2.31. The number of likely N-dealkylation sites (tertiary alicyclic amines) is 1. The predicted octanol–water partition coefficient (Wildman–Crippen LogP) is 1.87. The lowest BCUT2D eigenvalue weighted by molar-refractivity contribution is -0.133. The van der Waals surface area contributed by atoms with E-state index in [0.717, 1.165) is 23.9 Å². The average Bonchev–Trinajstić information content (AvgIpc) is 3.20. The van der Waals surface area contributed by atoms with Crippen LogP contribution in [0.1, 0.15) is 24.7 Å². The largest absolute Gasteiger partial charge is 0.440 e.